The molecule has 2 aromatic rings. The number of ether oxygens (including phenoxy) is 2. The van der Waals surface area contributed by atoms with Crippen molar-refractivity contribution in [1.82, 2.24) is 4.57 Å². The number of hydrogen-bond donors (Lipinski definition) is 1. The predicted molar refractivity (Wildman–Crippen MR) is 120 cm³/mol. The van der Waals surface area contributed by atoms with Crippen LogP contribution in [0.5, 0.6) is 5.75 Å². The number of hydrogen-bond acceptors (Lipinski definition) is 5. The quantitative estimate of drug-likeness (QED) is 0.312. The van der Waals surface area contributed by atoms with E-state index in [0.29, 0.717) is 11.5 Å². The Morgan fingerprint density at radius 3 is 2.58 bits per heavy atom. The van der Waals surface area contributed by atoms with Gasteiger partial charge in [-0.25, -0.2) is 4.79 Å². The average molecular weight is 459 g/mol. The highest BCUT2D eigenvalue weighted by atomic mass is 19.3. The molecule has 2 rings (SSSR count). The Bertz CT molecular complexity index is 1070. The highest BCUT2D eigenvalue weighted by Crippen LogP contribution is 2.25. The molecule has 0 bridgehead atoms. The van der Waals surface area contributed by atoms with Crippen molar-refractivity contribution in [3.05, 3.63) is 52.9 Å². The maximum Gasteiger partial charge on any atom is 0.387 e. The third-order valence-corrected chi connectivity index (χ3v) is 4.89. The molecule has 1 aromatic heterocycles. The van der Waals surface area contributed by atoms with E-state index < -0.39 is 25.1 Å². The first-order chi connectivity index (χ1) is 15.6. The van der Waals surface area contributed by atoms with Crippen LogP contribution in [-0.2, 0) is 20.9 Å². The summed E-state index contributed by atoms with van der Waals surface area (Å²) in [4.78, 5) is 24.5. The molecule has 33 heavy (non-hydrogen) atoms. The van der Waals surface area contributed by atoms with Crippen molar-refractivity contribution in [1.29, 1.82) is 5.26 Å². The highest BCUT2D eigenvalue weighted by Gasteiger charge is 2.17. The van der Waals surface area contributed by atoms with Crippen molar-refractivity contribution in [3.63, 3.8) is 0 Å². The smallest absolute Gasteiger partial charge is 0.387 e. The molecule has 0 atom stereocenters. The van der Waals surface area contributed by atoms with Gasteiger partial charge in [0.1, 0.15) is 17.4 Å². The maximum atomic E-state index is 12.5. The number of anilines is 1. The summed E-state index contributed by atoms with van der Waals surface area (Å²) < 4.78 is 36.4. The van der Waals surface area contributed by atoms with Crippen molar-refractivity contribution in [2.45, 2.75) is 47.3 Å². The normalized spacial score (nSPS) is 11.4. The van der Waals surface area contributed by atoms with E-state index in [1.165, 1.54) is 30.3 Å². The molecule has 1 heterocycles. The van der Waals surface area contributed by atoms with Crippen LogP contribution in [0.4, 0.5) is 14.5 Å². The molecule has 9 heteroatoms. The number of esters is 1. The third kappa shape index (κ3) is 7.45. The zero-order valence-corrected chi connectivity index (χ0v) is 19.0. The summed E-state index contributed by atoms with van der Waals surface area (Å²) in [7, 11) is 0. The predicted octanol–water partition coefficient (Wildman–Crippen LogP) is 4.84. The van der Waals surface area contributed by atoms with Crippen LogP contribution < -0.4 is 10.1 Å². The van der Waals surface area contributed by atoms with Crippen LogP contribution >= 0.6 is 0 Å². The number of aromatic nitrogens is 1. The van der Waals surface area contributed by atoms with Gasteiger partial charge in [-0.1, -0.05) is 26.0 Å². The van der Waals surface area contributed by atoms with Crippen LogP contribution in [0.25, 0.3) is 6.08 Å². The first kappa shape index (κ1) is 25.6. The standard InChI is InChI=1S/C24H27F2N3O4/c1-15(2)9-10-29-16(3)11-18(17(29)4)12-19(13-27)23(31)32-14-22(30)28-20-7-5-6-8-21(20)33-24(25)26/h5-8,11-12,15,24H,9-10,14H2,1-4H3,(H,28,30)/b19-12+. The second kappa shape index (κ2) is 11.8. The number of rotatable bonds is 10. The fourth-order valence-corrected chi connectivity index (χ4v) is 3.16. The first-order valence-electron chi connectivity index (χ1n) is 10.4. The van der Waals surface area contributed by atoms with Crippen molar-refractivity contribution in [2.75, 3.05) is 11.9 Å². The number of halogens is 2. The van der Waals surface area contributed by atoms with E-state index in [4.69, 9.17) is 4.74 Å². The molecular weight excluding hydrogens is 432 g/mol. The van der Waals surface area contributed by atoms with Gasteiger partial charge in [-0.05, 0) is 56.0 Å². The Kier molecular flexibility index (Phi) is 9.16. The Morgan fingerprint density at radius 1 is 1.24 bits per heavy atom. The summed E-state index contributed by atoms with van der Waals surface area (Å²) >= 11 is 0. The van der Waals surface area contributed by atoms with Crippen LogP contribution in [0.15, 0.2) is 35.9 Å². The molecule has 1 amide bonds. The average Bonchev–Trinajstić information content (AvgIpc) is 3.02. The zero-order valence-electron chi connectivity index (χ0n) is 19.0. The topological polar surface area (TPSA) is 93.3 Å². The Labute approximate surface area is 191 Å². The summed E-state index contributed by atoms with van der Waals surface area (Å²) in [5.41, 5.74) is 2.39. The minimum Gasteiger partial charge on any atom is -0.451 e. The molecule has 1 aromatic carbocycles. The molecule has 0 saturated carbocycles. The van der Waals surface area contributed by atoms with Gasteiger partial charge in [-0.3, -0.25) is 4.79 Å². The van der Waals surface area contributed by atoms with Gasteiger partial charge in [-0.2, -0.15) is 14.0 Å². The molecule has 0 aliphatic heterocycles. The Hall–Kier alpha value is -3.67. The summed E-state index contributed by atoms with van der Waals surface area (Å²) in [5, 5.41) is 11.7. The monoisotopic (exact) mass is 459 g/mol. The van der Waals surface area contributed by atoms with Crippen LogP contribution in [0, 0.1) is 31.1 Å². The minimum atomic E-state index is -3.06. The fourth-order valence-electron chi connectivity index (χ4n) is 3.16. The molecule has 0 unspecified atom stereocenters. The number of carbonyl (C=O) groups excluding carboxylic acids is 2. The van der Waals surface area contributed by atoms with Crippen LogP contribution in [0.3, 0.4) is 0 Å². The second-order valence-electron chi connectivity index (χ2n) is 7.83. The van der Waals surface area contributed by atoms with Crippen molar-refractivity contribution in [2.24, 2.45) is 5.92 Å². The molecule has 0 saturated heterocycles. The largest absolute Gasteiger partial charge is 0.451 e. The molecule has 0 fully saturated rings. The lowest BCUT2D eigenvalue weighted by atomic mass is 10.1. The van der Waals surface area contributed by atoms with Crippen molar-refractivity contribution < 1.29 is 27.8 Å². The molecule has 0 aliphatic rings. The molecular formula is C24H27F2N3O4. The number of carbonyl (C=O) groups is 2. The number of nitrogens with one attached hydrogen (secondary N) is 1. The Morgan fingerprint density at radius 2 is 1.94 bits per heavy atom. The minimum absolute atomic E-state index is 0.00346. The van der Waals surface area contributed by atoms with Gasteiger partial charge in [0.05, 0.1) is 5.69 Å². The Balaban J connectivity index is 2.05. The molecule has 0 spiro atoms. The van der Waals surface area contributed by atoms with Gasteiger partial charge in [0.25, 0.3) is 5.91 Å². The SMILES string of the molecule is Cc1cc(/C=C(\C#N)C(=O)OCC(=O)Nc2ccccc2OC(F)F)c(C)n1CCC(C)C. The van der Waals surface area contributed by atoms with Gasteiger partial charge < -0.3 is 19.4 Å². The van der Waals surface area contributed by atoms with Crippen molar-refractivity contribution >= 4 is 23.6 Å². The zero-order chi connectivity index (χ0) is 24.5. The van der Waals surface area contributed by atoms with Crippen LogP contribution in [-0.4, -0.2) is 29.7 Å². The van der Waals surface area contributed by atoms with Gasteiger partial charge in [-0.15, -0.1) is 0 Å². The molecule has 176 valence electrons. The van der Waals surface area contributed by atoms with E-state index in [2.05, 4.69) is 28.5 Å². The molecule has 0 aliphatic carbocycles. The van der Waals surface area contributed by atoms with Crippen molar-refractivity contribution in [3.8, 4) is 11.8 Å². The number of para-hydroxylation sites is 2. The number of aryl methyl sites for hydroxylation is 1. The number of benzene rings is 1. The molecule has 1 N–H and O–H groups in total. The summed E-state index contributed by atoms with van der Waals surface area (Å²) in [6, 6.07) is 9.31. The lowest BCUT2D eigenvalue weighted by Gasteiger charge is -2.12. The lowest BCUT2D eigenvalue weighted by Crippen LogP contribution is -2.22. The van der Waals surface area contributed by atoms with E-state index in [-0.39, 0.29) is 17.0 Å². The molecule has 7 nitrogen and oxygen atoms in total. The molecule has 0 radical (unpaired) electrons. The highest BCUT2D eigenvalue weighted by molar-refractivity contribution is 6.00. The number of amides is 1. The fraction of sp³-hybridized carbons (Fsp3) is 0.375. The van der Waals surface area contributed by atoms with E-state index in [1.54, 1.807) is 6.07 Å². The van der Waals surface area contributed by atoms with Gasteiger partial charge in [0, 0.05) is 17.9 Å². The van der Waals surface area contributed by atoms with Gasteiger partial charge in [0.15, 0.2) is 6.61 Å². The second-order valence-corrected chi connectivity index (χ2v) is 7.83. The van der Waals surface area contributed by atoms with Gasteiger partial charge >= 0.3 is 12.6 Å². The number of nitriles is 1. The summed E-state index contributed by atoms with van der Waals surface area (Å²) in [5.74, 6) is -1.41. The summed E-state index contributed by atoms with van der Waals surface area (Å²) in [6.07, 6.45) is 2.42. The van der Waals surface area contributed by atoms with E-state index in [1.807, 2.05) is 19.9 Å². The number of alkyl halides is 2. The van der Waals surface area contributed by atoms with Crippen LogP contribution in [0.1, 0.15) is 37.2 Å². The van der Waals surface area contributed by atoms with Crippen LogP contribution in [0.2, 0.25) is 0 Å². The third-order valence-electron chi connectivity index (χ3n) is 4.89. The van der Waals surface area contributed by atoms with E-state index >= 15 is 0 Å². The summed E-state index contributed by atoms with van der Waals surface area (Å²) in [6.45, 7) is 5.21. The first-order valence-corrected chi connectivity index (χ1v) is 10.4. The lowest BCUT2D eigenvalue weighted by molar-refractivity contribution is -0.142. The van der Waals surface area contributed by atoms with E-state index in [0.717, 1.165) is 24.4 Å². The van der Waals surface area contributed by atoms with E-state index in [9.17, 15) is 23.6 Å². The maximum absolute atomic E-state index is 12.5. The number of nitrogens with zero attached hydrogens (tertiary/aromatic N) is 2. The van der Waals surface area contributed by atoms with Gasteiger partial charge in [0.2, 0.25) is 0 Å².